The van der Waals surface area contributed by atoms with Crippen molar-refractivity contribution >= 4 is 27.7 Å². The molecule has 0 spiro atoms. The van der Waals surface area contributed by atoms with Crippen molar-refractivity contribution in [2.45, 2.75) is 9.79 Å². The van der Waals surface area contributed by atoms with E-state index >= 15 is 0 Å². The summed E-state index contributed by atoms with van der Waals surface area (Å²) < 4.78 is 34.1. The Morgan fingerprint density at radius 1 is 1.16 bits per heavy atom. The summed E-state index contributed by atoms with van der Waals surface area (Å²) in [6.45, 7) is 0. The molecular formula is C16H18N2O5S2. The summed E-state index contributed by atoms with van der Waals surface area (Å²) in [7, 11) is -0.947. The number of nitrogens with one attached hydrogen (secondary N) is 1. The number of hydrogen-bond donors (Lipinski definition) is 2. The summed E-state index contributed by atoms with van der Waals surface area (Å²) in [4.78, 5) is 12.8. The van der Waals surface area contributed by atoms with Crippen LogP contribution in [0.4, 0.5) is 0 Å². The second kappa shape index (κ2) is 7.77. The number of carbonyl (C=O) groups is 1. The van der Waals surface area contributed by atoms with E-state index in [9.17, 15) is 13.2 Å². The Labute approximate surface area is 150 Å². The fraction of sp³-hybridized carbons (Fsp3) is 0.188. The molecule has 2 aromatic rings. The maximum atomic E-state index is 12.1. The quantitative estimate of drug-likeness (QED) is 0.742. The van der Waals surface area contributed by atoms with Crippen molar-refractivity contribution < 1.29 is 22.7 Å². The molecule has 0 saturated heterocycles. The zero-order valence-corrected chi connectivity index (χ0v) is 15.5. The van der Waals surface area contributed by atoms with Gasteiger partial charge >= 0.3 is 0 Å². The molecule has 2 aromatic carbocycles. The van der Waals surface area contributed by atoms with Gasteiger partial charge in [-0.25, -0.2) is 13.6 Å². The van der Waals surface area contributed by atoms with Gasteiger partial charge in [0.05, 0.1) is 17.6 Å². The van der Waals surface area contributed by atoms with E-state index in [1.165, 1.54) is 37.0 Å². The number of ether oxygens (including phenoxy) is 2. The standard InChI is InChI=1S/C16H18N2O5S2/c1-18-16(19)12-9-11(25(17,20)21)5-6-13(12)23-10-4-7-15(24-3)14(8-10)22-2/h4-9H,1-3H3,(H,18,19)(H2,17,20,21). The minimum atomic E-state index is -3.93. The highest BCUT2D eigenvalue weighted by Gasteiger charge is 2.18. The lowest BCUT2D eigenvalue weighted by molar-refractivity contribution is 0.0960. The van der Waals surface area contributed by atoms with E-state index in [-0.39, 0.29) is 16.2 Å². The minimum absolute atomic E-state index is 0.0573. The van der Waals surface area contributed by atoms with Crippen LogP contribution in [0.5, 0.6) is 17.2 Å². The Bertz CT molecular complexity index is 897. The maximum absolute atomic E-state index is 12.1. The van der Waals surface area contributed by atoms with Crippen molar-refractivity contribution in [1.82, 2.24) is 5.32 Å². The SMILES string of the molecule is CNC(=O)c1cc(S(N)(=O)=O)ccc1Oc1ccc(SC)c(OC)c1. The van der Waals surface area contributed by atoms with Crippen molar-refractivity contribution in [3.8, 4) is 17.2 Å². The van der Waals surface area contributed by atoms with Gasteiger partial charge in [-0.1, -0.05) is 0 Å². The fourth-order valence-electron chi connectivity index (χ4n) is 2.09. The van der Waals surface area contributed by atoms with Crippen LogP contribution in [0.25, 0.3) is 0 Å². The Balaban J connectivity index is 2.47. The number of amides is 1. The summed E-state index contributed by atoms with van der Waals surface area (Å²) in [6, 6.07) is 9.10. The molecule has 2 rings (SSSR count). The molecule has 25 heavy (non-hydrogen) atoms. The van der Waals surface area contributed by atoms with Gasteiger partial charge in [0, 0.05) is 18.0 Å². The molecular weight excluding hydrogens is 364 g/mol. The van der Waals surface area contributed by atoms with Gasteiger partial charge < -0.3 is 14.8 Å². The van der Waals surface area contributed by atoms with Crippen LogP contribution >= 0.6 is 11.8 Å². The van der Waals surface area contributed by atoms with E-state index in [0.717, 1.165) is 4.90 Å². The number of rotatable bonds is 6. The number of sulfonamides is 1. The van der Waals surface area contributed by atoms with Gasteiger partial charge in [0.1, 0.15) is 17.2 Å². The average molecular weight is 382 g/mol. The number of hydrogen-bond acceptors (Lipinski definition) is 6. The van der Waals surface area contributed by atoms with Gasteiger partial charge in [0.15, 0.2) is 0 Å². The third kappa shape index (κ3) is 4.44. The molecule has 0 fully saturated rings. The van der Waals surface area contributed by atoms with Gasteiger partial charge in [-0.05, 0) is 36.6 Å². The Morgan fingerprint density at radius 3 is 2.44 bits per heavy atom. The van der Waals surface area contributed by atoms with E-state index in [4.69, 9.17) is 14.6 Å². The first kappa shape index (κ1) is 19.1. The first-order valence-corrected chi connectivity index (χ1v) is 9.86. The highest BCUT2D eigenvalue weighted by molar-refractivity contribution is 7.98. The van der Waals surface area contributed by atoms with Crippen LogP contribution in [0.15, 0.2) is 46.2 Å². The summed E-state index contributed by atoms with van der Waals surface area (Å²) in [5.41, 5.74) is 0.0573. The Morgan fingerprint density at radius 2 is 1.88 bits per heavy atom. The van der Waals surface area contributed by atoms with Crippen molar-refractivity contribution in [1.29, 1.82) is 0 Å². The number of primary sulfonamides is 1. The molecule has 0 bridgehead atoms. The summed E-state index contributed by atoms with van der Waals surface area (Å²) >= 11 is 1.53. The molecule has 9 heteroatoms. The normalized spacial score (nSPS) is 11.0. The van der Waals surface area contributed by atoms with Crippen LogP contribution in [-0.4, -0.2) is 34.7 Å². The second-order valence-corrected chi connectivity index (χ2v) is 7.31. The van der Waals surface area contributed by atoms with Crippen LogP contribution in [0.2, 0.25) is 0 Å². The third-order valence-electron chi connectivity index (χ3n) is 3.33. The smallest absolute Gasteiger partial charge is 0.254 e. The second-order valence-electron chi connectivity index (χ2n) is 4.90. The maximum Gasteiger partial charge on any atom is 0.254 e. The third-order valence-corrected chi connectivity index (χ3v) is 5.02. The predicted molar refractivity (Wildman–Crippen MR) is 96.1 cm³/mol. The van der Waals surface area contributed by atoms with Crippen molar-refractivity contribution in [3.05, 3.63) is 42.0 Å². The molecule has 134 valence electrons. The highest BCUT2D eigenvalue weighted by atomic mass is 32.2. The zero-order valence-electron chi connectivity index (χ0n) is 13.9. The summed E-state index contributed by atoms with van der Waals surface area (Å²) in [5.74, 6) is 0.787. The van der Waals surface area contributed by atoms with Crippen LogP contribution in [-0.2, 0) is 10.0 Å². The van der Waals surface area contributed by atoms with E-state index < -0.39 is 15.9 Å². The Kier molecular flexibility index (Phi) is 5.93. The Hall–Kier alpha value is -2.23. The number of thioether (sulfide) groups is 1. The molecule has 0 heterocycles. The van der Waals surface area contributed by atoms with Crippen LogP contribution in [0.3, 0.4) is 0 Å². The summed E-state index contributed by atoms with van der Waals surface area (Å²) in [6.07, 6.45) is 1.92. The lowest BCUT2D eigenvalue weighted by Crippen LogP contribution is -2.20. The minimum Gasteiger partial charge on any atom is -0.495 e. The van der Waals surface area contributed by atoms with Crippen LogP contribution in [0.1, 0.15) is 10.4 Å². The summed E-state index contributed by atoms with van der Waals surface area (Å²) in [5, 5.41) is 7.56. The topological polar surface area (TPSA) is 108 Å². The molecule has 0 saturated carbocycles. The van der Waals surface area contributed by atoms with Crippen molar-refractivity contribution in [3.63, 3.8) is 0 Å². The molecule has 3 N–H and O–H groups in total. The molecule has 7 nitrogen and oxygen atoms in total. The first-order chi connectivity index (χ1) is 11.8. The molecule has 0 aliphatic carbocycles. The monoisotopic (exact) mass is 382 g/mol. The van der Waals surface area contributed by atoms with Crippen LogP contribution < -0.4 is 19.9 Å². The number of carbonyl (C=O) groups excluding carboxylic acids is 1. The van der Waals surface area contributed by atoms with Crippen molar-refractivity contribution in [2.75, 3.05) is 20.4 Å². The highest BCUT2D eigenvalue weighted by Crippen LogP contribution is 2.34. The van der Waals surface area contributed by atoms with Gasteiger partial charge in [-0.3, -0.25) is 4.79 Å². The fourth-order valence-corrected chi connectivity index (χ4v) is 3.18. The van der Waals surface area contributed by atoms with Gasteiger partial charge in [-0.2, -0.15) is 0 Å². The molecule has 1 amide bonds. The predicted octanol–water partition coefficient (Wildman–Crippen LogP) is 2.22. The van der Waals surface area contributed by atoms with E-state index in [2.05, 4.69) is 5.32 Å². The molecule has 0 radical (unpaired) electrons. The van der Waals surface area contributed by atoms with Crippen LogP contribution in [0, 0.1) is 0 Å². The number of methoxy groups -OCH3 is 1. The molecule has 0 aliphatic rings. The number of benzene rings is 2. The lowest BCUT2D eigenvalue weighted by atomic mass is 10.2. The van der Waals surface area contributed by atoms with E-state index in [0.29, 0.717) is 11.5 Å². The number of nitrogens with two attached hydrogens (primary N) is 1. The molecule has 0 aliphatic heterocycles. The van der Waals surface area contributed by atoms with Gasteiger partial charge in [-0.15, -0.1) is 11.8 Å². The van der Waals surface area contributed by atoms with E-state index in [1.807, 2.05) is 12.3 Å². The van der Waals surface area contributed by atoms with Gasteiger partial charge in [0.2, 0.25) is 10.0 Å². The molecule has 0 aromatic heterocycles. The average Bonchev–Trinajstić information content (AvgIpc) is 2.60. The largest absolute Gasteiger partial charge is 0.495 e. The van der Waals surface area contributed by atoms with Crippen molar-refractivity contribution in [2.24, 2.45) is 5.14 Å². The lowest BCUT2D eigenvalue weighted by Gasteiger charge is -2.13. The molecule has 0 atom stereocenters. The molecule has 0 unspecified atom stereocenters. The van der Waals surface area contributed by atoms with E-state index in [1.54, 1.807) is 19.2 Å². The first-order valence-electron chi connectivity index (χ1n) is 7.09. The van der Waals surface area contributed by atoms with Gasteiger partial charge in [0.25, 0.3) is 5.91 Å². The zero-order chi connectivity index (χ0) is 18.6.